The van der Waals surface area contributed by atoms with Gasteiger partial charge in [0.15, 0.2) is 0 Å². The van der Waals surface area contributed by atoms with Crippen LogP contribution in [0.4, 0.5) is 16.6 Å². The lowest BCUT2D eigenvalue weighted by molar-refractivity contribution is -0.847. The van der Waals surface area contributed by atoms with Crippen LogP contribution in [0.2, 0.25) is 0 Å². The SMILES string of the molecule is CCOC(=O)Nc1nc(N2CC=CCC2)cc[n+]1OS(=O)(=O)O.[OH-]. The Bertz CT molecular complexity index is 707. The molecule has 0 aromatic carbocycles. The largest absolute Gasteiger partial charge is 0.870 e. The molecular weight excluding hydrogens is 344 g/mol. The van der Waals surface area contributed by atoms with Crippen molar-refractivity contribution >= 4 is 28.3 Å². The summed E-state index contributed by atoms with van der Waals surface area (Å²) in [4.78, 5) is 17.6. The molecule has 12 heteroatoms. The molecule has 134 valence electrons. The van der Waals surface area contributed by atoms with Gasteiger partial charge in [-0.3, -0.25) is 4.55 Å². The van der Waals surface area contributed by atoms with Crippen LogP contribution < -0.4 is 19.2 Å². The van der Waals surface area contributed by atoms with E-state index < -0.39 is 16.5 Å². The van der Waals surface area contributed by atoms with Crippen LogP contribution >= 0.6 is 0 Å². The maximum Gasteiger partial charge on any atom is 0.476 e. The Labute approximate surface area is 138 Å². The van der Waals surface area contributed by atoms with Crippen LogP contribution in [-0.4, -0.2) is 49.2 Å². The molecule has 0 bridgehead atoms. The van der Waals surface area contributed by atoms with Crippen LogP contribution in [0.1, 0.15) is 13.3 Å². The molecule has 24 heavy (non-hydrogen) atoms. The van der Waals surface area contributed by atoms with Gasteiger partial charge in [-0.1, -0.05) is 12.2 Å². The summed E-state index contributed by atoms with van der Waals surface area (Å²) in [5.74, 6) is 0.268. The Morgan fingerprint density at radius 3 is 2.83 bits per heavy atom. The van der Waals surface area contributed by atoms with E-state index in [4.69, 9.17) is 9.29 Å². The van der Waals surface area contributed by atoms with E-state index in [1.807, 2.05) is 17.1 Å². The van der Waals surface area contributed by atoms with Gasteiger partial charge in [0.25, 0.3) is 0 Å². The van der Waals surface area contributed by atoms with Gasteiger partial charge in [-0.15, -0.1) is 0 Å². The molecule has 1 amide bonds. The van der Waals surface area contributed by atoms with Crippen molar-refractivity contribution < 1.29 is 37.0 Å². The standard InChI is InChI=1S/C12H16N4O6S.H2O/c1-2-21-12(17)14-11-13-10(15-7-4-3-5-8-15)6-9-16(11)22-23(18,19)20;/h3-4,6,9H,2,5,7-8H2,1H3,(H,18,19,20);1H2. The zero-order valence-corrected chi connectivity index (χ0v) is 13.6. The number of nitrogens with zero attached hydrogens (tertiary/aromatic N) is 3. The molecule has 1 aliphatic heterocycles. The van der Waals surface area contributed by atoms with E-state index in [2.05, 4.69) is 14.6 Å². The monoisotopic (exact) mass is 362 g/mol. The van der Waals surface area contributed by atoms with Gasteiger partial charge in [0.1, 0.15) is 6.20 Å². The van der Waals surface area contributed by atoms with Crippen molar-refractivity contribution in [2.75, 3.05) is 29.9 Å². The number of amides is 1. The zero-order valence-electron chi connectivity index (χ0n) is 12.8. The van der Waals surface area contributed by atoms with E-state index in [0.29, 0.717) is 17.1 Å². The van der Waals surface area contributed by atoms with Gasteiger partial charge >= 0.3 is 22.4 Å². The molecule has 1 aromatic heterocycles. The predicted octanol–water partition coefficient (Wildman–Crippen LogP) is -0.242. The molecule has 2 heterocycles. The number of ether oxygens (including phenoxy) is 1. The van der Waals surface area contributed by atoms with Crippen molar-refractivity contribution in [1.82, 2.24) is 4.98 Å². The number of hydrogen-bond donors (Lipinski definition) is 2. The molecule has 0 radical (unpaired) electrons. The molecule has 0 aliphatic carbocycles. The molecule has 0 unspecified atom stereocenters. The quantitative estimate of drug-likeness (QED) is 0.410. The maximum atomic E-state index is 11.5. The number of anilines is 2. The molecule has 11 nitrogen and oxygen atoms in total. The molecule has 2 rings (SSSR count). The van der Waals surface area contributed by atoms with Crippen LogP contribution in [0.25, 0.3) is 0 Å². The number of hydrogen-bond acceptors (Lipinski definition) is 8. The average molecular weight is 362 g/mol. The third-order valence-electron chi connectivity index (χ3n) is 2.83. The zero-order chi connectivity index (χ0) is 16.9. The summed E-state index contributed by atoms with van der Waals surface area (Å²) in [6, 6.07) is 1.50. The topological polar surface area (TPSA) is 152 Å². The highest BCUT2D eigenvalue weighted by molar-refractivity contribution is 7.80. The van der Waals surface area contributed by atoms with Crippen molar-refractivity contribution in [3.8, 4) is 0 Å². The summed E-state index contributed by atoms with van der Waals surface area (Å²) in [7, 11) is -4.78. The third kappa shape index (κ3) is 5.64. The van der Waals surface area contributed by atoms with E-state index >= 15 is 0 Å². The van der Waals surface area contributed by atoms with Gasteiger partial charge in [0.05, 0.1) is 6.61 Å². The lowest BCUT2D eigenvalue weighted by atomic mass is 10.2. The number of carbonyl (C=O) groups is 1. The van der Waals surface area contributed by atoms with Crippen molar-refractivity contribution in [2.45, 2.75) is 13.3 Å². The Morgan fingerprint density at radius 1 is 1.50 bits per heavy atom. The van der Waals surface area contributed by atoms with Gasteiger partial charge in [0.2, 0.25) is 5.82 Å². The van der Waals surface area contributed by atoms with Gasteiger partial charge in [-0.05, 0) is 23.1 Å². The van der Waals surface area contributed by atoms with E-state index in [9.17, 15) is 13.2 Å². The summed E-state index contributed by atoms with van der Waals surface area (Å²) < 4.78 is 40.2. The van der Waals surface area contributed by atoms with Gasteiger partial charge in [0, 0.05) is 19.2 Å². The van der Waals surface area contributed by atoms with Crippen LogP contribution in [0.15, 0.2) is 24.4 Å². The summed E-state index contributed by atoms with van der Waals surface area (Å²) in [5, 5.41) is 2.26. The second-order valence-corrected chi connectivity index (χ2v) is 5.49. The van der Waals surface area contributed by atoms with Crippen molar-refractivity contribution in [3.63, 3.8) is 0 Å². The lowest BCUT2D eigenvalue weighted by Crippen LogP contribution is -2.49. The molecular formula is C12H18N4O7S. The number of carbonyl (C=O) groups excluding carboxylic acids is 1. The minimum atomic E-state index is -4.78. The second kappa shape index (κ2) is 8.42. The first kappa shape index (κ1) is 19.6. The van der Waals surface area contributed by atoms with Crippen molar-refractivity contribution in [3.05, 3.63) is 24.4 Å². The molecule has 0 saturated carbocycles. The van der Waals surface area contributed by atoms with Crippen molar-refractivity contribution in [2.24, 2.45) is 0 Å². The Kier molecular flexibility index (Phi) is 6.88. The third-order valence-corrected chi connectivity index (χ3v) is 3.18. The Balaban J connectivity index is 0.00000288. The lowest BCUT2D eigenvalue weighted by Gasteiger charge is -2.22. The molecule has 1 aliphatic rings. The first-order valence-corrected chi connectivity index (χ1v) is 8.19. The van der Waals surface area contributed by atoms with E-state index in [1.54, 1.807) is 6.92 Å². The molecule has 1 aromatic rings. The normalized spacial score (nSPS) is 13.8. The van der Waals surface area contributed by atoms with Gasteiger partial charge in [-0.25, -0.2) is 9.08 Å². The number of aromatic nitrogens is 2. The van der Waals surface area contributed by atoms with E-state index in [1.165, 1.54) is 12.3 Å². The highest BCUT2D eigenvalue weighted by atomic mass is 32.3. The van der Waals surface area contributed by atoms with E-state index in [-0.39, 0.29) is 18.0 Å². The molecule has 0 saturated heterocycles. The van der Waals surface area contributed by atoms with Crippen LogP contribution in [-0.2, 0) is 15.1 Å². The summed E-state index contributed by atoms with van der Waals surface area (Å²) in [6.07, 6.45) is 5.25. The maximum absolute atomic E-state index is 11.5. The fraction of sp³-hybridized carbons (Fsp3) is 0.417. The molecule has 3 N–H and O–H groups in total. The predicted molar refractivity (Wildman–Crippen MR) is 81.1 cm³/mol. The molecule has 0 atom stereocenters. The molecule has 0 fully saturated rings. The molecule has 0 spiro atoms. The summed E-state index contributed by atoms with van der Waals surface area (Å²) in [5.41, 5.74) is 0. The van der Waals surface area contributed by atoms with Crippen LogP contribution in [0.5, 0.6) is 0 Å². The first-order valence-electron chi connectivity index (χ1n) is 6.83. The Morgan fingerprint density at radius 2 is 2.25 bits per heavy atom. The summed E-state index contributed by atoms with van der Waals surface area (Å²) >= 11 is 0. The van der Waals surface area contributed by atoms with Crippen LogP contribution in [0.3, 0.4) is 0 Å². The second-order valence-electron chi connectivity index (χ2n) is 4.49. The average Bonchev–Trinajstić information content (AvgIpc) is 2.49. The fourth-order valence-electron chi connectivity index (χ4n) is 1.93. The summed E-state index contributed by atoms with van der Waals surface area (Å²) in [6.45, 7) is 3.11. The first-order chi connectivity index (χ1) is 10.9. The Hall–Kier alpha value is -2.44. The fourth-order valence-corrected chi connectivity index (χ4v) is 2.25. The number of nitrogens with one attached hydrogen (secondary N) is 1. The van der Waals surface area contributed by atoms with E-state index in [0.717, 1.165) is 13.0 Å². The van der Waals surface area contributed by atoms with Gasteiger partial charge in [-0.2, -0.15) is 13.7 Å². The minimum Gasteiger partial charge on any atom is -0.870 e. The highest BCUT2D eigenvalue weighted by Crippen LogP contribution is 2.14. The number of rotatable bonds is 5. The van der Waals surface area contributed by atoms with Gasteiger partial charge < -0.3 is 15.1 Å². The smallest absolute Gasteiger partial charge is 0.476 e. The van der Waals surface area contributed by atoms with Crippen LogP contribution in [0, 0.1) is 0 Å². The van der Waals surface area contributed by atoms with Crippen molar-refractivity contribution in [1.29, 1.82) is 0 Å². The minimum absolute atomic E-state index is 0. The highest BCUT2D eigenvalue weighted by Gasteiger charge is 2.25.